The number of aromatic nitrogens is 2. The predicted molar refractivity (Wildman–Crippen MR) is 81.0 cm³/mol. The maximum absolute atomic E-state index is 10.7. The minimum atomic E-state index is -0.863. The summed E-state index contributed by atoms with van der Waals surface area (Å²) in [7, 11) is 0. The van der Waals surface area contributed by atoms with Gasteiger partial charge in [0.2, 0.25) is 0 Å². The van der Waals surface area contributed by atoms with E-state index in [0.29, 0.717) is 10.2 Å². The molecule has 2 aromatic rings. The van der Waals surface area contributed by atoms with Crippen molar-refractivity contribution in [3.05, 3.63) is 40.7 Å². The Kier molecular flexibility index (Phi) is 4.73. The molecule has 0 fully saturated rings. The summed E-state index contributed by atoms with van der Waals surface area (Å²) in [4.78, 5) is 15.0. The van der Waals surface area contributed by atoms with E-state index in [2.05, 4.69) is 4.98 Å². The number of hydrogen-bond donors (Lipinski definition) is 1. The van der Waals surface area contributed by atoms with Gasteiger partial charge in [-0.15, -0.1) is 0 Å². The molecule has 0 unspecified atom stereocenters. The van der Waals surface area contributed by atoms with Crippen molar-refractivity contribution >= 4 is 29.3 Å². The van der Waals surface area contributed by atoms with Gasteiger partial charge in [-0.05, 0) is 31.0 Å². The molecule has 1 aromatic heterocycles. The maximum atomic E-state index is 10.7. The summed E-state index contributed by atoms with van der Waals surface area (Å²) in [6, 6.07) is 5.80. The lowest BCUT2D eigenvalue weighted by Gasteiger charge is -2.12. The number of benzene rings is 1. The van der Waals surface area contributed by atoms with Gasteiger partial charge in [0.1, 0.15) is 0 Å². The monoisotopic (exact) mass is 310 g/mol. The number of carboxylic acid groups (broad SMARTS) is 1. The van der Waals surface area contributed by atoms with Gasteiger partial charge >= 0.3 is 5.97 Å². The van der Waals surface area contributed by atoms with E-state index >= 15 is 0 Å². The Bertz CT molecular complexity index is 640. The van der Waals surface area contributed by atoms with E-state index in [-0.39, 0.29) is 5.75 Å². The highest BCUT2D eigenvalue weighted by Gasteiger charge is 2.15. The molecule has 0 spiro atoms. The van der Waals surface area contributed by atoms with Crippen LogP contribution in [0.25, 0.3) is 5.69 Å². The molecule has 0 aliphatic heterocycles. The fourth-order valence-electron chi connectivity index (χ4n) is 1.90. The highest BCUT2D eigenvalue weighted by molar-refractivity contribution is 7.99. The van der Waals surface area contributed by atoms with E-state index in [9.17, 15) is 4.79 Å². The first-order valence-electron chi connectivity index (χ1n) is 6.20. The third kappa shape index (κ3) is 3.16. The second-order valence-electron chi connectivity index (χ2n) is 4.36. The molecule has 1 N–H and O–H groups in total. The number of aliphatic carboxylic acids is 1. The van der Waals surface area contributed by atoms with E-state index in [1.807, 2.05) is 36.6 Å². The number of carboxylic acids is 1. The van der Waals surface area contributed by atoms with Crippen LogP contribution in [-0.2, 0) is 11.2 Å². The number of thioether (sulfide) groups is 1. The first kappa shape index (κ1) is 14.9. The van der Waals surface area contributed by atoms with Gasteiger partial charge in [-0.2, -0.15) is 0 Å². The molecule has 106 valence electrons. The van der Waals surface area contributed by atoms with Crippen molar-refractivity contribution in [3.8, 4) is 5.69 Å². The van der Waals surface area contributed by atoms with Crippen LogP contribution < -0.4 is 0 Å². The zero-order chi connectivity index (χ0) is 14.7. The molecule has 0 amide bonds. The lowest BCUT2D eigenvalue weighted by Crippen LogP contribution is -2.04. The number of carbonyl (C=O) groups is 1. The Morgan fingerprint density at radius 2 is 2.25 bits per heavy atom. The van der Waals surface area contributed by atoms with Gasteiger partial charge in [-0.1, -0.05) is 36.4 Å². The number of rotatable bonds is 5. The molecular weight excluding hydrogens is 296 g/mol. The quantitative estimate of drug-likeness (QED) is 0.858. The molecule has 0 saturated heterocycles. The Morgan fingerprint density at radius 3 is 2.85 bits per heavy atom. The second kappa shape index (κ2) is 6.33. The van der Waals surface area contributed by atoms with E-state index in [1.54, 1.807) is 6.20 Å². The van der Waals surface area contributed by atoms with Gasteiger partial charge < -0.3 is 5.11 Å². The predicted octanol–water partition coefficient (Wildman–Crippen LogP) is 3.57. The normalized spacial score (nSPS) is 10.8. The van der Waals surface area contributed by atoms with Crippen molar-refractivity contribution in [1.29, 1.82) is 0 Å². The van der Waals surface area contributed by atoms with Crippen LogP contribution in [0, 0.1) is 6.92 Å². The number of halogens is 1. The Labute approximate surface area is 126 Å². The van der Waals surface area contributed by atoms with Crippen LogP contribution in [0.3, 0.4) is 0 Å². The fraction of sp³-hybridized carbons (Fsp3) is 0.286. The molecule has 6 heteroatoms. The highest BCUT2D eigenvalue weighted by Crippen LogP contribution is 2.29. The lowest BCUT2D eigenvalue weighted by atomic mass is 10.2. The molecule has 0 radical (unpaired) electrons. The van der Waals surface area contributed by atoms with Crippen LogP contribution in [-0.4, -0.2) is 26.4 Å². The zero-order valence-electron chi connectivity index (χ0n) is 11.3. The molecule has 20 heavy (non-hydrogen) atoms. The van der Waals surface area contributed by atoms with Crippen LogP contribution in [0.1, 0.15) is 18.2 Å². The summed E-state index contributed by atoms with van der Waals surface area (Å²) >= 11 is 7.50. The summed E-state index contributed by atoms with van der Waals surface area (Å²) < 4.78 is 1.93. The van der Waals surface area contributed by atoms with Crippen molar-refractivity contribution in [2.75, 3.05) is 5.75 Å². The first-order chi connectivity index (χ1) is 9.52. The molecule has 4 nitrogen and oxygen atoms in total. The van der Waals surface area contributed by atoms with Crippen molar-refractivity contribution in [2.24, 2.45) is 0 Å². The van der Waals surface area contributed by atoms with Gasteiger partial charge in [-0.3, -0.25) is 9.36 Å². The average Bonchev–Trinajstić information content (AvgIpc) is 2.79. The van der Waals surface area contributed by atoms with E-state index < -0.39 is 5.97 Å². The molecular formula is C14H15ClN2O2S. The summed E-state index contributed by atoms with van der Waals surface area (Å²) in [5.74, 6) is -0.887. The summed E-state index contributed by atoms with van der Waals surface area (Å²) in [5.41, 5.74) is 2.92. The minimum absolute atomic E-state index is 0.0242. The largest absolute Gasteiger partial charge is 0.481 e. The van der Waals surface area contributed by atoms with Crippen LogP contribution in [0.5, 0.6) is 0 Å². The summed E-state index contributed by atoms with van der Waals surface area (Å²) in [5, 5.41) is 10.1. The molecule has 0 atom stereocenters. The van der Waals surface area contributed by atoms with Gasteiger partial charge in [-0.25, -0.2) is 4.98 Å². The highest BCUT2D eigenvalue weighted by atomic mass is 35.5. The van der Waals surface area contributed by atoms with Crippen molar-refractivity contribution in [2.45, 2.75) is 25.4 Å². The standard InChI is InChI=1S/C14H15ClN2O2S/c1-3-10-7-16-14(20-8-13(18)19)17(10)12-5-4-9(2)6-11(12)15/h4-7H,3,8H2,1-2H3,(H,18,19). The van der Waals surface area contributed by atoms with Crippen molar-refractivity contribution in [3.63, 3.8) is 0 Å². The molecule has 1 aromatic carbocycles. The van der Waals surface area contributed by atoms with Crippen LogP contribution in [0.15, 0.2) is 29.6 Å². The molecule has 0 saturated carbocycles. The van der Waals surface area contributed by atoms with Crippen molar-refractivity contribution < 1.29 is 9.90 Å². The average molecular weight is 311 g/mol. The fourth-order valence-corrected chi connectivity index (χ4v) is 2.94. The Morgan fingerprint density at radius 1 is 1.50 bits per heavy atom. The lowest BCUT2D eigenvalue weighted by molar-refractivity contribution is -0.133. The Hall–Kier alpha value is -1.46. The van der Waals surface area contributed by atoms with Crippen LogP contribution in [0.4, 0.5) is 0 Å². The topological polar surface area (TPSA) is 55.1 Å². The third-order valence-corrected chi connectivity index (χ3v) is 4.07. The number of aryl methyl sites for hydroxylation is 2. The Balaban J connectivity index is 2.47. The third-order valence-electron chi connectivity index (χ3n) is 2.83. The van der Waals surface area contributed by atoms with Gasteiger partial charge in [0.05, 0.1) is 16.5 Å². The first-order valence-corrected chi connectivity index (χ1v) is 7.57. The van der Waals surface area contributed by atoms with E-state index in [4.69, 9.17) is 16.7 Å². The van der Waals surface area contributed by atoms with Crippen LogP contribution in [0.2, 0.25) is 5.02 Å². The number of nitrogens with zero attached hydrogens (tertiary/aromatic N) is 2. The molecule has 2 rings (SSSR count). The smallest absolute Gasteiger partial charge is 0.313 e. The number of hydrogen-bond acceptors (Lipinski definition) is 3. The SMILES string of the molecule is CCc1cnc(SCC(=O)O)n1-c1ccc(C)cc1Cl. The van der Waals surface area contributed by atoms with Gasteiger partial charge in [0.25, 0.3) is 0 Å². The second-order valence-corrected chi connectivity index (χ2v) is 5.71. The minimum Gasteiger partial charge on any atom is -0.481 e. The van der Waals surface area contributed by atoms with Gasteiger partial charge in [0, 0.05) is 11.9 Å². The zero-order valence-corrected chi connectivity index (χ0v) is 12.8. The molecule has 0 aliphatic carbocycles. The number of imidazole rings is 1. The van der Waals surface area contributed by atoms with Gasteiger partial charge in [0.15, 0.2) is 5.16 Å². The van der Waals surface area contributed by atoms with E-state index in [1.165, 1.54) is 11.8 Å². The summed E-state index contributed by atoms with van der Waals surface area (Å²) in [6.07, 6.45) is 2.56. The maximum Gasteiger partial charge on any atom is 0.313 e. The van der Waals surface area contributed by atoms with Crippen LogP contribution >= 0.6 is 23.4 Å². The molecule has 0 aliphatic rings. The molecule has 1 heterocycles. The molecule has 0 bridgehead atoms. The summed E-state index contributed by atoms with van der Waals surface area (Å²) in [6.45, 7) is 4.01. The van der Waals surface area contributed by atoms with E-state index in [0.717, 1.165) is 23.4 Å². The van der Waals surface area contributed by atoms with Crippen molar-refractivity contribution in [1.82, 2.24) is 9.55 Å².